The molecular formula is C20H24Cl2N2O4S. The fourth-order valence-electron chi connectivity index (χ4n) is 2.70. The van der Waals surface area contributed by atoms with Gasteiger partial charge >= 0.3 is 0 Å². The van der Waals surface area contributed by atoms with Crippen LogP contribution >= 0.6 is 23.2 Å². The minimum absolute atomic E-state index is 0.0286. The van der Waals surface area contributed by atoms with Crippen LogP contribution in [0.25, 0.3) is 0 Å². The van der Waals surface area contributed by atoms with Crippen LogP contribution in [-0.4, -0.2) is 44.9 Å². The first-order valence-electron chi connectivity index (χ1n) is 8.92. The molecule has 0 fully saturated rings. The normalized spacial score (nSPS) is 12.8. The largest absolute Gasteiger partial charge is 0.383 e. The van der Waals surface area contributed by atoms with E-state index in [2.05, 4.69) is 5.32 Å². The van der Waals surface area contributed by atoms with Crippen molar-refractivity contribution in [2.45, 2.75) is 31.3 Å². The molecule has 0 saturated heterocycles. The summed E-state index contributed by atoms with van der Waals surface area (Å²) in [6.07, 6.45) is 0. The Kier molecular flexibility index (Phi) is 8.48. The lowest BCUT2D eigenvalue weighted by molar-refractivity contribution is -0.122. The predicted octanol–water partition coefficient (Wildman–Crippen LogP) is 3.64. The van der Waals surface area contributed by atoms with Gasteiger partial charge in [-0.15, -0.1) is 0 Å². The first kappa shape index (κ1) is 23.6. The van der Waals surface area contributed by atoms with Crippen molar-refractivity contribution in [3.8, 4) is 0 Å². The van der Waals surface area contributed by atoms with Crippen molar-refractivity contribution >= 4 is 39.1 Å². The van der Waals surface area contributed by atoms with Crippen LogP contribution in [0.3, 0.4) is 0 Å². The summed E-state index contributed by atoms with van der Waals surface area (Å²) in [5, 5.41) is 3.42. The molecule has 0 aromatic heterocycles. The summed E-state index contributed by atoms with van der Waals surface area (Å²) < 4.78 is 32.5. The molecule has 0 heterocycles. The maximum absolute atomic E-state index is 13.2. The van der Waals surface area contributed by atoms with Gasteiger partial charge in [0.05, 0.1) is 28.1 Å². The number of rotatable bonds is 9. The van der Waals surface area contributed by atoms with Gasteiger partial charge in [0.1, 0.15) is 0 Å². The number of ether oxygens (including phenoxy) is 1. The molecule has 2 rings (SSSR count). The van der Waals surface area contributed by atoms with Crippen molar-refractivity contribution in [3.05, 3.63) is 63.6 Å². The Morgan fingerprint density at radius 1 is 1.14 bits per heavy atom. The number of amides is 1. The zero-order valence-corrected chi connectivity index (χ0v) is 18.8. The van der Waals surface area contributed by atoms with Crippen LogP contribution < -0.4 is 5.32 Å². The number of halogens is 2. The van der Waals surface area contributed by atoms with Crippen molar-refractivity contribution in [3.63, 3.8) is 0 Å². The molecule has 0 spiro atoms. The fourth-order valence-corrected chi connectivity index (χ4v) is 4.40. The molecule has 0 aliphatic carbocycles. The molecule has 0 radical (unpaired) electrons. The summed E-state index contributed by atoms with van der Waals surface area (Å²) in [5.74, 6) is -0.426. The van der Waals surface area contributed by atoms with E-state index in [-0.39, 0.29) is 24.0 Å². The highest BCUT2D eigenvalue weighted by Gasteiger charge is 2.27. The van der Waals surface area contributed by atoms with Gasteiger partial charge in [0.25, 0.3) is 0 Å². The van der Waals surface area contributed by atoms with E-state index in [1.54, 1.807) is 37.3 Å². The Morgan fingerprint density at radius 3 is 2.38 bits per heavy atom. The first-order valence-corrected chi connectivity index (χ1v) is 11.1. The van der Waals surface area contributed by atoms with E-state index in [4.69, 9.17) is 27.9 Å². The molecular weight excluding hydrogens is 435 g/mol. The highest BCUT2D eigenvalue weighted by atomic mass is 35.5. The average Bonchev–Trinajstić information content (AvgIpc) is 2.64. The van der Waals surface area contributed by atoms with Crippen LogP contribution in [0, 0.1) is 6.92 Å². The SMILES string of the molecule is COC[C@@H](C)NC(=O)CN(Cc1ccc(Cl)c(Cl)c1)S(=O)(=O)c1ccc(C)cc1. The highest BCUT2D eigenvalue weighted by Crippen LogP contribution is 2.25. The quantitative estimate of drug-likeness (QED) is 0.621. The predicted molar refractivity (Wildman–Crippen MR) is 115 cm³/mol. The molecule has 1 amide bonds. The van der Waals surface area contributed by atoms with Gasteiger partial charge in [-0.2, -0.15) is 4.31 Å². The Balaban J connectivity index is 2.32. The van der Waals surface area contributed by atoms with Gasteiger partial charge in [-0.3, -0.25) is 4.79 Å². The summed E-state index contributed by atoms with van der Waals surface area (Å²) in [6, 6.07) is 11.1. The second kappa shape index (κ2) is 10.4. The zero-order chi connectivity index (χ0) is 21.6. The number of sulfonamides is 1. The Morgan fingerprint density at radius 2 is 1.79 bits per heavy atom. The molecule has 1 N–H and O–H groups in total. The van der Waals surface area contributed by atoms with E-state index < -0.39 is 15.9 Å². The molecule has 29 heavy (non-hydrogen) atoms. The van der Waals surface area contributed by atoms with Crippen LogP contribution in [-0.2, 0) is 26.1 Å². The monoisotopic (exact) mass is 458 g/mol. The lowest BCUT2D eigenvalue weighted by Gasteiger charge is -2.23. The van der Waals surface area contributed by atoms with E-state index in [9.17, 15) is 13.2 Å². The second-order valence-electron chi connectivity index (χ2n) is 6.76. The lowest BCUT2D eigenvalue weighted by Crippen LogP contribution is -2.44. The Hall–Kier alpha value is -1.64. The van der Waals surface area contributed by atoms with Gasteiger partial charge in [0.2, 0.25) is 15.9 Å². The summed E-state index contributed by atoms with van der Waals surface area (Å²) >= 11 is 12.0. The number of nitrogens with zero attached hydrogens (tertiary/aromatic N) is 1. The molecule has 9 heteroatoms. The Labute approximate surface area is 181 Å². The van der Waals surface area contributed by atoms with Crippen LogP contribution in [0.1, 0.15) is 18.1 Å². The average molecular weight is 459 g/mol. The van der Waals surface area contributed by atoms with Gasteiger partial charge in [0.15, 0.2) is 0 Å². The second-order valence-corrected chi connectivity index (χ2v) is 9.51. The van der Waals surface area contributed by atoms with Crippen LogP contribution in [0.5, 0.6) is 0 Å². The summed E-state index contributed by atoms with van der Waals surface area (Å²) in [4.78, 5) is 12.6. The van der Waals surface area contributed by atoms with Gasteiger partial charge < -0.3 is 10.1 Å². The number of nitrogens with one attached hydrogen (secondary N) is 1. The van der Waals surface area contributed by atoms with Crippen molar-refractivity contribution in [2.24, 2.45) is 0 Å². The first-order chi connectivity index (χ1) is 13.6. The highest BCUT2D eigenvalue weighted by molar-refractivity contribution is 7.89. The van der Waals surface area contributed by atoms with E-state index in [1.165, 1.54) is 19.2 Å². The smallest absolute Gasteiger partial charge is 0.243 e. The minimum Gasteiger partial charge on any atom is -0.383 e. The van der Waals surface area contributed by atoms with E-state index in [0.717, 1.165) is 9.87 Å². The number of benzene rings is 2. The summed E-state index contributed by atoms with van der Waals surface area (Å²) in [7, 11) is -2.39. The van der Waals surface area contributed by atoms with Crippen LogP contribution in [0.15, 0.2) is 47.4 Å². The summed E-state index contributed by atoms with van der Waals surface area (Å²) in [5.41, 5.74) is 1.55. The van der Waals surface area contributed by atoms with Gasteiger partial charge in [0, 0.05) is 19.7 Å². The molecule has 0 unspecified atom stereocenters. The molecule has 0 saturated carbocycles. The summed E-state index contributed by atoms with van der Waals surface area (Å²) in [6.45, 7) is 3.60. The van der Waals surface area contributed by atoms with Gasteiger partial charge in [-0.1, -0.05) is 47.0 Å². The number of aryl methyl sites for hydroxylation is 1. The molecule has 6 nitrogen and oxygen atoms in total. The molecule has 158 valence electrons. The number of carbonyl (C=O) groups excluding carboxylic acids is 1. The number of hydrogen-bond donors (Lipinski definition) is 1. The third-order valence-electron chi connectivity index (χ3n) is 4.15. The topological polar surface area (TPSA) is 75.7 Å². The third-order valence-corrected chi connectivity index (χ3v) is 6.69. The molecule has 2 aromatic carbocycles. The molecule has 2 aromatic rings. The van der Waals surface area contributed by atoms with Gasteiger partial charge in [-0.25, -0.2) is 8.42 Å². The van der Waals surface area contributed by atoms with Crippen molar-refractivity contribution in [1.29, 1.82) is 0 Å². The fraction of sp³-hybridized carbons (Fsp3) is 0.350. The zero-order valence-electron chi connectivity index (χ0n) is 16.5. The van der Waals surface area contributed by atoms with E-state index in [1.807, 2.05) is 6.92 Å². The maximum atomic E-state index is 13.2. The molecule has 1 atom stereocenters. The number of methoxy groups -OCH3 is 1. The van der Waals surface area contributed by atoms with Crippen molar-refractivity contribution < 1.29 is 17.9 Å². The lowest BCUT2D eigenvalue weighted by atomic mass is 10.2. The maximum Gasteiger partial charge on any atom is 0.243 e. The van der Waals surface area contributed by atoms with E-state index >= 15 is 0 Å². The van der Waals surface area contributed by atoms with Crippen LogP contribution in [0.4, 0.5) is 0 Å². The minimum atomic E-state index is -3.92. The number of carbonyl (C=O) groups is 1. The number of hydrogen-bond acceptors (Lipinski definition) is 4. The molecule has 0 bridgehead atoms. The Bertz CT molecular complexity index is 949. The van der Waals surface area contributed by atoms with Crippen molar-refractivity contribution in [2.75, 3.05) is 20.3 Å². The van der Waals surface area contributed by atoms with Crippen LogP contribution in [0.2, 0.25) is 10.0 Å². The van der Waals surface area contributed by atoms with E-state index in [0.29, 0.717) is 22.2 Å². The molecule has 0 aliphatic heterocycles. The van der Waals surface area contributed by atoms with Gasteiger partial charge in [-0.05, 0) is 43.7 Å². The standard InChI is InChI=1S/C20H24Cl2N2O4S/c1-14-4-7-17(8-5-14)29(26,27)24(12-20(25)23-15(2)13-28-3)11-16-6-9-18(21)19(22)10-16/h4-10,15H,11-13H2,1-3H3,(H,23,25)/t15-/m1/s1. The van der Waals surface area contributed by atoms with Crippen molar-refractivity contribution in [1.82, 2.24) is 9.62 Å². The third kappa shape index (κ3) is 6.69. The molecule has 0 aliphatic rings.